The SMILES string of the molecule is CC(C)(C)OC(=O)N1CC(n2c(CCN)nc3ccc(F)cc32)C1. The molecule has 1 saturated heterocycles. The fourth-order valence-corrected chi connectivity index (χ4v) is 2.92. The van der Waals surface area contributed by atoms with Gasteiger partial charge in [-0.1, -0.05) is 0 Å². The second-order valence-electron chi connectivity index (χ2n) is 7.11. The molecule has 1 fully saturated rings. The number of fused-ring (bicyclic) bond motifs is 1. The number of nitrogens with zero attached hydrogens (tertiary/aromatic N) is 3. The number of benzene rings is 1. The lowest BCUT2D eigenvalue weighted by Gasteiger charge is -2.41. The van der Waals surface area contributed by atoms with Gasteiger partial charge in [-0.2, -0.15) is 0 Å². The molecule has 24 heavy (non-hydrogen) atoms. The van der Waals surface area contributed by atoms with Crippen LogP contribution >= 0.6 is 0 Å². The highest BCUT2D eigenvalue weighted by Crippen LogP contribution is 2.29. The van der Waals surface area contributed by atoms with Crippen LogP contribution in [0.15, 0.2) is 18.2 Å². The number of aromatic nitrogens is 2. The Morgan fingerprint density at radius 2 is 2.12 bits per heavy atom. The van der Waals surface area contributed by atoms with Crippen molar-refractivity contribution >= 4 is 17.1 Å². The second-order valence-corrected chi connectivity index (χ2v) is 7.11. The molecule has 0 aliphatic carbocycles. The fourth-order valence-electron chi connectivity index (χ4n) is 2.92. The van der Waals surface area contributed by atoms with Crippen LogP contribution in [0.1, 0.15) is 32.6 Å². The monoisotopic (exact) mass is 334 g/mol. The molecule has 1 amide bonds. The van der Waals surface area contributed by atoms with Crippen LogP contribution in [0.3, 0.4) is 0 Å². The smallest absolute Gasteiger partial charge is 0.410 e. The highest BCUT2D eigenvalue weighted by atomic mass is 19.1. The fraction of sp³-hybridized carbons (Fsp3) is 0.529. The van der Waals surface area contributed by atoms with Gasteiger partial charge in [-0.05, 0) is 45.5 Å². The zero-order valence-corrected chi connectivity index (χ0v) is 14.3. The van der Waals surface area contributed by atoms with Gasteiger partial charge in [0, 0.05) is 19.5 Å². The van der Waals surface area contributed by atoms with Crippen LogP contribution in [0.4, 0.5) is 9.18 Å². The van der Waals surface area contributed by atoms with Crippen LogP contribution < -0.4 is 5.73 Å². The first-order valence-electron chi connectivity index (χ1n) is 8.13. The van der Waals surface area contributed by atoms with E-state index in [4.69, 9.17) is 10.5 Å². The minimum absolute atomic E-state index is 0.0610. The van der Waals surface area contributed by atoms with Crippen molar-refractivity contribution in [3.8, 4) is 0 Å². The molecular weight excluding hydrogens is 311 g/mol. The molecule has 1 aromatic heterocycles. The standard InChI is InChI=1S/C17H23FN4O2/c1-17(2,3)24-16(23)21-9-12(10-21)22-14-8-11(18)4-5-13(14)20-15(22)6-7-19/h4-5,8,12H,6-7,9-10,19H2,1-3H3. The van der Waals surface area contributed by atoms with E-state index in [2.05, 4.69) is 4.98 Å². The maximum Gasteiger partial charge on any atom is 0.410 e. The molecule has 1 aromatic carbocycles. The Kier molecular flexibility index (Phi) is 4.21. The number of amides is 1. The quantitative estimate of drug-likeness (QED) is 0.936. The third-order valence-electron chi connectivity index (χ3n) is 3.97. The molecule has 0 saturated carbocycles. The normalized spacial score (nSPS) is 15.6. The van der Waals surface area contributed by atoms with Gasteiger partial charge in [-0.25, -0.2) is 14.2 Å². The molecule has 2 N–H and O–H groups in total. The molecule has 0 spiro atoms. The molecule has 1 aliphatic heterocycles. The number of halogens is 1. The Morgan fingerprint density at radius 3 is 2.75 bits per heavy atom. The van der Waals surface area contributed by atoms with E-state index in [1.807, 2.05) is 25.3 Å². The average Bonchev–Trinajstić information content (AvgIpc) is 2.74. The van der Waals surface area contributed by atoms with Gasteiger partial charge in [0.15, 0.2) is 0 Å². The van der Waals surface area contributed by atoms with Gasteiger partial charge in [-0.3, -0.25) is 0 Å². The maximum atomic E-state index is 13.6. The summed E-state index contributed by atoms with van der Waals surface area (Å²) in [5.41, 5.74) is 6.65. The largest absolute Gasteiger partial charge is 0.444 e. The van der Waals surface area contributed by atoms with Crippen LogP contribution in [0.2, 0.25) is 0 Å². The van der Waals surface area contributed by atoms with Gasteiger partial charge in [0.1, 0.15) is 17.2 Å². The molecule has 0 unspecified atom stereocenters. The van der Waals surface area contributed by atoms with Crippen molar-refractivity contribution in [2.75, 3.05) is 19.6 Å². The predicted octanol–water partition coefficient (Wildman–Crippen LogP) is 2.47. The Bertz CT molecular complexity index is 760. The summed E-state index contributed by atoms with van der Waals surface area (Å²) >= 11 is 0. The predicted molar refractivity (Wildman–Crippen MR) is 89.3 cm³/mol. The number of nitrogens with two attached hydrogens (primary N) is 1. The summed E-state index contributed by atoms with van der Waals surface area (Å²) in [6.45, 7) is 7.03. The number of carbonyl (C=O) groups excluding carboxylic acids is 1. The van der Waals surface area contributed by atoms with E-state index in [0.717, 1.165) is 16.9 Å². The van der Waals surface area contributed by atoms with Gasteiger partial charge < -0.3 is 19.9 Å². The van der Waals surface area contributed by atoms with Crippen molar-refractivity contribution in [1.29, 1.82) is 0 Å². The Hall–Kier alpha value is -2.15. The van der Waals surface area contributed by atoms with Gasteiger partial charge in [0.25, 0.3) is 0 Å². The lowest BCUT2D eigenvalue weighted by molar-refractivity contribution is 0.00120. The van der Waals surface area contributed by atoms with E-state index in [1.165, 1.54) is 12.1 Å². The minimum atomic E-state index is -0.516. The number of imidazole rings is 1. The second kappa shape index (κ2) is 6.05. The average molecular weight is 334 g/mol. The van der Waals surface area contributed by atoms with Gasteiger partial charge in [0.2, 0.25) is 0 Å². The molecule has 3 rings (SSSR count). The molecule has 2 heterocycles. The maximum absolute atomic E-state index is 13.6. The van der Waals surface area contributed by atoms with Crippen molar-refractivity contribution < 1.29 is 13.9 Å². The molecule has 2 aromatic rings. The summed E-state index contributed by atoms with van der Waals surface area (Å²) in [5, 5.41) is 0. The van der Waals surface area contributed by atoms with Crippen molar-refractivity contribution in [3.63, 3.8) is 0 Å². The van der Waals surface area contributed by atoms with E-state index in [1.54, 1.807) is 11.0 Å². The van der Waals surface area contributed by atoms with E-state index in [-0.39, 0.29) is 18.0 Å². The van der Waals surface area contributed by atoms with Crippen molar-refractivity contribution in [1.82, 2.24) is 14.5 Å². The molecule has 130 valence electrons. The Labute approximate surface area is 140 Å². The molecule has 1 aliphatic rings. The number of ether oxygens (including phenoxy) is 1. The van der Waals surface area contributed by atoms with Gasteiger partial charge in [0.05, 0.1) is 17.1 Å². The zero-order valence-electron chi connectivity index (χ0n) is 14.3. The van der Waals surface area contributed by atoms with E-state index in [0.29, 0.717) is 26.1 Å². The number of hydrogen-bond acceptors (Lipinski definition) is 4. The summed E-state index contributed by atoms with van der Waals surface area (Å²) < 4.78 is 21.0. The number of likely N-dealkylation sites (tertiary alicyclic amines) is 1. The van der Waals surface area contributed by atoms with Crippen LogP contribution in [0, 0.1) is 5.82 Å². The van der Waals surface area contributed by atoms with E-state index < -0.39 is 5.60 Å². The summed E-state index contributed by atoms with van der Waals surface area (Å²) in [4.78, 5) is 18.3. The number of carbonyl (C=O) groups is 1. The lowest BCUT2D eigenvalue weighted by atomic mass is 10.1. The number of rotatable bonds is 3. The Morgan fingerprint density at radius 1 is 1.42 bits per heavy atom. The highest BCUT2D eigenvalue weighted by molar-refractivity contribution is 5.77. The van der Waals surface area contributed by atoms with Crippen LogP contribution in [0.5, 0.6) is 0 Å². The molecule has 7 heteroatoms. The summed E-state index contributed by atoms with van der Waals surface area (Å²) in [7, 11) is 0. The third-order valence-corrected chi connectivity index (χ3v) is 3.97. The Balaban J connectivity index is 1.82. The molecule has 6 nitrogen and oxygen atoms in total. The minimum Gasteiger partial charge on any atom is -0.444 e. The zero-order chi connectivity index (χ0) is 17.5. The van der Waals surface area contributed by atoms with Crippen molar-refractivity contribution in [3.05, 3.63) is 29.8 Å². The summed E-state index contributed by atoms with van der Waals surface area (Å²) in [6, 6.07) is 4.62. The third kappa shape index (κ3) is 3.21. The topological polar surface area (TPSA) is 73.4 Å². The van der Waals surface area contributed by atoms with Gasteiger partial charge in [-0.15, -0.1) is 0 Å². The van der Waals surface area contributed by atoms with E-state index in [9.17, 15) is 9.18 Å². The molecular formula is C17H23FN4O2. The molecule has 0 bridgehead atoms. The van der Waals surface area contributed by atoms with E-state index >= 15 is 0 Å². The van der Waals surface area contributed by atoms with Gasteiger partial charge >= 0.3 is 6.09 Å². The highest BCUT2D eigenvalue weighted by Gasteiger charge is 2.36. The summed E-state index contributed by atoms with van der Waals surface area (Å²) in [5.74, 6) is 0.526. The first-order chi connectivity index (χ1) is 11.3. The van der Waals surface area contributed by atoms with Crippen LogP contribution in [-0.2, 0) is 11.2 Å². The van der Waals surface area contributed by atoms with Crippen molar-refractivity contribution in [2.24, 2.45) is 5.73 Å². The number of hydrogen-bond donors (Lipinski definition) is 1. The van der Waals surface area contributed by atoms with Crippen LogP contribution in [0.25, 0.3) is 11.0 Å². The van der Waals surface area contributed by atoms with Crippen molar-refractivity contribution in [2.45, 2.75) is 38.8 Å². The molecule has 0 radical (unpaired) electrons. The lowest BCUT2D eigenvalue weighted by Crippen LogP contribution is -2.52. The summed E-state index contributed by atoms with van der Waals surface area (Å²) in [6.07, 6.45) is 0.286. The first kappa shape index (κ1) is 16.7. The van der Waals surface area contributed by atoms with Crippen LogP contribution in [-0.4, -0.2) is 45.8 Å². The molecule has 0 atom stereocenters. The first-order valence-corrected chi connectivity index (χ1v) is 8.13.